The third-order valence-electron chi connectivity index (χ3n) is 5.58. The second-order valence-corrected chi connectivity index (χ2v) is 7.72. The van der Waals surface area contributed by atoms with Crippen LogP contribution in [-0.4, -0.2) is 42.9 Å². The van der Waals surface area contributed by atoms with E-state index in [1.54, 1.807) is 11.2 Å². The van der Waals surface area contributed by atoms with E-state index in [4.69, 9.17) is 9.68 Å². The Morgan fingerprint density at radius 1 is 1.10 bits per heavy atom. The Bertz CT molecular complexity index is 855. The fraction of sp³-hybridized carbons (Fsp3) is 0.458. The Morgan fingerprint density at radius 2 is 1.87 bits per heavy atom. The zero-order chi connectivity index (χ0) is 21.9. The number of benzene rings is 1. The lowest BCUT2D eigenvalue weighted by Gasteiger charge is -2.33. The molecule has 1 aromatic heterocycles. The SMILES string of the molecule is N#CCCN(C(=O)CCC(=O)NCC(c1ccco1)N1CCCCC1)c1ccccc1. The van der Waals surface area contributed by atoms with Crippen LogP contribution in [-0.2, 0) is 9.59 Å². The molecule has 1 aliphatic heterocycles. The van der Waals surface area contributed by atoms with Crippen LogP contribution < -0.4 is 10.2 Å². The average molecular weight is 423 g/mol. The number of hydrogen-bond acceptors (Lipinski definition) is 5. The summed E-state index contributed by atoms with van der Waals surface area (Å²) in [6.07, 6.45) is 5.65. The first kappa shape index (κ1) is 22.6. The van der Waals surface area contributed by atoms with Crippen LogP contribution in [0.5, 0.6) is 0 Å². The molecule has 2 amide bonds. The molecule has 0 bridgehead atoms. The molecule has 0 saturated carbocycles. The van der Waals surface area contributed by atoms with Crippen molar-refractivity contribution in [1.29, 1.82) is 5.26 Å². The molecule has 7 nitrogen and oxygen atoms in total. The van der Waals surface area contributed by atoms with Crippen LogP contribution in [0.15, 0.2) is 53.1 Å². The molecule has 1 aliphatic rings. The number of rotatable bonds is 10. The number of para-hydroxylation sites is 1. The molecule has 1 N–H and O–H groups in total. The van der Waals surface area contributed by atoms with Gasteiger partial charge in [0.1, 0.15) is 5.76 Å². The zero-order valence-corrected chi connectivity index (χ0v) is 17.8. The number of furan rings is 1. The number of nitrogens with zero attached hydrogens (tertiary/aromatic N) is 3. The maximum atomic E-state index is 12.7. The molecule has 1 unspecified atom stereocenters. The van der Waals surface area contributed by atoms with E-state index in [1.807, 2.05) is 42.5 Å². The van der Waals surface area contributed by atoms with Gasteiger partial charge in [-0.1, -0.05) is 24.6 Å². The van der Waals surface area contributed by atoms with Crippen molar-refractivity contribution in [3.63, 3.8) is 0 Å². The highest BCUT2D eigenvalue weighted by Crippen LogP contribution is 2.24. The lowest BCUT2D eigenvalue weighted by Crippen LogP contribution is -2.40. The van der Waals surface area contributed by atoms with Gasteiger partial charge in [0.05, 0.1) is 24.8 Å². The van der Waals surface area contributed by atoms with Gasteiger partial charge < -0.3 is 14.6 Å². The van der Waals surface area contributed by atoms with Gasteiger partial charge in [0.2, 0.25) is 11.8 Å². The van der Waals surface area contributed by atoms with Gasteiger partial charge in [0.25, 0.3) is 0 Å². The van der Waals surface area contributed by atoms with Crippen LogP contribution in [0, 0.1) is 11.3 Å². The van der Waals surface area contributed by atoms with E-state index < -0.39 is 0 Å². The molecular formula is C24H30N4O3. The summed E-state index contributed by atoms with van der Waals surface area (Å²) in [4.78, 5) is 29.2. The van der Waals surface area contributed by atoms with Crippen molar-refractivity contribution in [3.8, 4) is 6.07 Å². The number of nitrogens with one attached hydrogen (secondary N) is 1. The molecule has 1 atom stereocenters. The van der Waals surface area contributed by atoms with Crippen LogP contribution in [0.25, 0.3) is 0 Å². The number of carbonyl (C=O) groups excluding carboxylic acids is 2. The molecule has 1 saturated heterocycles. The van der Waals surface area contributed by atoms with Gasteiger partial charge in [0.15, 0.2) is 0 Å². The summed E-state index contributed by atoms with van der Waals surface area (Å²) < 4.78 is 5.62. The van der Waals surface area contributed by atoms with Crippen molar-refractivity contribution in [3.05, 3.63) is 54.5 Å². The van der Waals surface area contributed by atoms with Crippen LogP contribution in [0.2, 0.25) is 0 Å². The maximum absolute atomic E-state index is 12.7. The Kier molecular flexibility index (Phi) is 8.68. The van der Waals surface area contributed by atoms with E-state index in [1.165, 1.54) is 6.42 Å². The van der Waals surface area contributed by atoms with Gasteiger partial charge in [-0.25, -0.2) is 0 Å². The fourth-order valence-electron chi connectivity index (χ4n) is 3.94. The maximum Gasteiger partial charge on any atom is 0.227 e. The molecule has 2 aromatic rings. The minimum atomic E-state index is -0.157. The normalized spacial score (nSPS) is 15.1. The van der Waals surface area contributed by atoms with E-state index in [9.17, 15) is 9.59 Å². The van der Waals surface area contributed by atoms with Gasteiger partial charge in [-0.15, -0.1) is 0 Å². The second kappa shape index (κ2) is 11.9. The van der Waals surface area contributed by atoms with Crippen molar-refractivity contribution in [2.75, 3.05) is 31.1 Å². The Morgan fingerprint density at radius 3 is 2.55 bits per heavy atom. The standard InChI is InChI=1S/C24H30N4O3/c25-14-8-17-28(20-9-3-1-4-10-20)24(30)13-12-23(29)26-19-21(22-11-7-18-31-22)27-15-5-2-6-16-27/h1,3-4,7,9-11,18,21H,2,5-6,8,12-13,15-17,19H2,(H,26,29). The van der Waals surface area contributed by atoms with E-state index in [2.05, 4.69) is 16.3 Å². The predicted molar refractivity (Wildman–Crippen MR) is 118 cm³/mol. The van der Waals surface area contributed by atoms with Crippen molar-refractivity contribution in [2.45, 2.75) is 44.6 Å². The highest BCUT2D eigenvalue weighted by molar-refractivity contribution is 5.95. The van der Waals surface area contributed by atoms with E-state index in [0.29, 0.717) is 13.1 Å². The molecular weight excluding hydrogens is 392 g/mol. The topological polar surface area (TPSA) is 89.6 Å². The van der Waals surface area contributed by atoms with Crippen LogP contribution in [0.1, 0.15) is 50.3 Å². The monoisotopic (exact) mass is 422 g/mol. The van der Waals surface area contributed by atoms with Crippen molar-refractivity contribution in [1.82, 2.24) is 10.2 Å². The smallest absolute Gasteiger partial charge is 0.227 e. The van der Waals surface area contributed by atoms with E-state index >= 15 is 0 Å². The summed E-state index contributed by atoms with van der Waals surface area (Å²) in [6.45, 7) is 2.75. The fourth-order valence-corrected chi connectivity index (χ4v) is 3.94. The lowest BCUT2D eigenvalue weighted by molar-refractivity contribution is -0.125. The number of likely N-dealkylation sites (tertiary alicyclic amines) is 1. The van der Waals surface area contributed by atoms with Gasteiger partial charge >= 0.3 is 0 Å². The number of carbonyl (C=O) groups is 2. The Labute approximate surface area is 183 Å². The predicted octanol–water partition coefficient (Wildman–Crippen LogP) is 3.65. The van der Waals surface area contributed by atoms with Crippen molar-refractivity contribution < 1.29 is 14.0 Å². The molecule has 0 aliphatic carbocycles. The van der Waals surface area contributed by atoms with Gasteiger partial charge in [-0.05, 0) is 50.2 Å². The van der Waals surface area contributed by atoms with Crippen LogP contribution in [0.3, 0.4) is 0 Å². The number of nitriles is 1. The van der Waals surface area contributed by atoms with E-state index in [-0.39, 0.29) is 37.1 Å². The average Bonchev–Trinajstić information content (AvgIpc) is 3.34. The van der Waals surface area contributed by atoms with Gasteiger partial charge in [-0.2, -0.15) is 5.26 Å². The van der Waals surface area contributed by atoms with Crippen LogP contribution >= 0.6 is 0 Å². The summed E-state index contributed by atoms with van der Waals surface area (Å²) >= 11 is 0. The third-order valence-corrected chi connectivity index (χ3v) is 5.58. The molecule has 3 rings (SSSR count). The Balaban J connectivity index is 1.53. The first-order valence-electron chi connectivity index (χ1n) is 11.0. The van der Waals surface area contributed by atoms with Crippen molar-refractivity contribution in [2.24, 2.45) is 0 Å². The molecule has 31 heavy (non-hydrogen) atoms. The minimum Gasteiger partial charge on any atom is -0.468 e. The number of hydrogen-bond donors (Lipinski definition) is 1. The Hall–Kier alpha value is -3.11. The summed E-state index contributed by atoms with van der Waals surface area (Å²) in [7, 11) is 0. The molecule has 1 aromatic carbocycles. The molecule has 1 fully saturated rings. The third kappa shape index (κ3) is 6.69. The summed E-state index contributed by atoms with van der Waals surface area (Å²) in [5.74, 6) is 0.537. The molecule has 0 radical (unpaired) electrons. The zero-order valence-electron chi connectivity index (χ0n) is 17.8. The van der Waals surface area contributed by atoms with Gasteiger partial charge in [0, 0.05) is 31.6 Å². The lowest BCUT2D eigenvalue weighted by atomic mass is 10.1. The number of amides is 2. The first-order valence-corrected chi connectivity index (χ1v) is 11.0. The first-order chi connectivity index (χ1) is 15.2. The summed E-state index contributed by atoms with van der Waals surface area (Å²) in [5, 5.41) is 11.9. The quantitative estimate of drug-likeness (QED) is 0.631. The highest BCUT2D eigenvalue weighted by Gasteiger charge is 2.25. The summed E-state index contributed by atoms with van der Waals surface area (Å²) in [5.41, 5.74) is 0.742. The van der Waals surface area contributed by atoms with E-state index in [0.717, 1.165) is 37.4 Å². The van der Waals surface area contributed by atoms with Gasteiger partial charge in [-0.3, -0.25) is 14.5 Å². The number of anilines is 1. The molecule has 7 heteroatoms. The molecule has 0 spiro atoms. The second-order valence-electron chi connectivity index (χ2n) is 7.72. The largest absolute Gasteiger partial charge is 0.468 e. The molecule has 164 valence electrons. The van der Waals surface area contributed by atoms with Crippen LogP contribution in [0.4, 0.5) is 5.69 Å². The number of piperidine rings is 1. The summed E-state index contributed by atoms with van der Waals surface area (Å²) in [6, 6.07) is 15.1. The minimum absolute atomic E-state index is 0.00592. The molecule has 2 heterocycles. The van der Waals surface area contributed by atoms with Crippen molar-refractivity contribution >= 4 is 17.5 Å². The highest BCUT2D eigenvalue weighted by atomic mass is 16.3.